The van der Waals surface area contributed by atoms with Crippen LogP contribution in [0, 0.1) is 24.2 Å². The first-order valence-corrected chi connectivity index (χ1v) is 6.13. The number of aromatic nitrogens is 2. The summed E-state index contributed by atoms with van der Waals surface area (Å²) in [4.78, 5) is 0. The lowest BCUT2D eigenvalue weighted by atomic mass is 9.97. The van der Waals surface area contributed by atoms with Gasteiger partial charge in [0.2, 0.25) is 0 Å². The van der Waals surface area contributed by atoms with E-state index in [9.17, 15) is 0 Å². The highest BCUT2D eigenvalue weighted by molar-refractivity contribution is 5.17. The minimum atomic E-state index is -0.0500. The zero-order valence-corrected chi connectivity index (χ0v) is 11.5. The summed E-state index contributed by atoms with van der Waals surface area (Å²) in [5, 5.41) is 4.40. The molecule has 0 bridgehead atoms. The highest BCUT2D eigenvalue weighted by Crippen LogP contribution is 2.16. The van der Waals surface area contributed by atoms with Crippen molar-refractivity contribution in [1.29, 1.82) is 0 Å². The lowest BCUT2D eigenvalue weighted by Crippen LogP contribution is -2.15. The summed E-state index contributed by atoms with van der Waals surface area (Å²) in [6.45, 7) is 11.2. The van der Waals surface area contributed by atoms with E-state index in [0.29, 0.717) is 6.42 Å². The Morgan fingerprint density at radius 2 is 2.12 bits per heavy atom. The molecule has 94 valence electrons. The molecular weight excluding hydrogens is 210 g/mol. The van der Waals surface area contributed by atoms with Crippen molar-refractivity contribution < 1.29 is 0 Å². The molecule has 17 heavy (non-hydrogen) atoms. The van der Waals surface area contributed by atoms with Crippen molar-refractivity contribution in [2.75, 3.05) is 0 Å². The normalized spacial score (nSPS) is 13.1. The second-order valence-electron chi connectivity index (χ2n) is 5.39. The van der Waals surface area contributed by atoms with Gasteiger partial charge in [0.25, 0.3) is 0 Å². The molecule has 3 heteroatoms. The van der Waals surface area contributed by atoms with Crippen molar-refractivity contribution in [3.63, 3.8) is 0 Å². The molecule has 0 aliphatic heterocycles. The summed E-state index contributed by atoms with van der Waals surface area (Å²) in [6, 6.07) is 2.00. The molecule has 1 aromatic rings. The molecule has 0 aliphatic rings. The quantitative estimate of drug-likeness (QED) is 0.816. The van der Waals surface area contributed by atoms with Crippen molar-refractivity contribution >= 4 is 0 Å². The fourth-order valence-electron chi connectivity index (χ4n) is 1.65. The number of nitrogens with two attached hydrogens (primary N) is 1. The van der Waals surface area contributed by atoms with Gasteiger partial charge in [-0.1, -0.05) is 5.92 Å². The fourth-order valence-corrected chi connectivity index (χ4v) is 1.65. The van der Waals surface area contributed by atoms with Gasteiger partial charge in [-0.2, -0.15) is 5.10 Å². The Hall–Kier alpha value is -1.27. The predicted octanol–water partition coefficient (Wildman–Crippen LogP) is 2.65. The molecule has 0 saturated carbocycles. The molecule has 0 aliphatic carbocycles. The van der Waals surface area contributed by atoms with Crippen LogP contribution in [-0.2, 0) is 6.54 Å². The van der Waals surface area contributed by atoms with E-state index < -0.39 is 0 Å². The number of nitrogens with zero attached hydrogens (tertiary/aromatic N) is 2. The second-order valence-corrected chi connectivity index (χ2v) is 5.39. The van der Waals surface area contributed by atoms with E-state index in [1.54, 1.807) is 0 Å². The molecule has 0 amide bonds. The van der Waals surface area contributed by atoms with Crippen LogP contribution < -0.4 is 5.73 Å². The van der Waals surface area contributed by atoms with E-state index in [0.717, 1.165) is 17.9 Å². The lowest BCUT2D eigenvalue weighted by molar-refractivity contribution is 0.563. The standard InChI is InChI=1S/C14H23N3/c1-6-17-13(10-11(2)16-17)12(15)8-7-9-14(3,4)5/h10,12H,6,8,15H2,1-5H3. The van der Waals surface area contributed by atoms with Crippen LogP contribution in [0.4, 0.5) is 0 Å². The largest absolute Gasteiger partial charge is 0.322 e. The molecule has 1 aromatic heterocycles. The zero-order chi connectivity index (χ0) is 13.1. The lowest BCUT2D eigenvalue weighted by Gasteiger charge is -2.11. The summed E-state index contributed by atoms with van der Waals surface area (Å²) in [7, 11) is 0. The van der Waals surface area contributed by atoms with Gasteiger partial charge in [0.15, 0.2) is 0 Å². The second kappa shape index (κ2) is 5.37. The Balaban J connectivity index is 2.75. The molecule has 1 unspecified atom stereocenters. The Kier molecular flexibility index (Phi) is 4.36. The van der Waals surface area contributed by atoms with E-state index in [2.05, 4.69) is 44.6 Å². The van der Waals surface area contributed by atoms with Gasteiger partial charge in [0.05, 0.1) is 17.4 Å². The molecule has 0 saturated heterocycles. The third-order valence-corrected chi connectivity index (χ3v) is 2.40. The van der Waals surface area contributed by atoms with Gasteiger partial charge in [-0.05, 0) is 40.7 Å². The monoisotopic (exact) mass is 233 g/mol. The minimum Gasteiger partial charge on any atom is -0.322 e. The maximum absolute atomic E-state index is 6.15. The average molecular weight is 233 g/mol. The molecule has 3 nitrogen and oxygen atoms in total. The number of aryl methyl sites for hydroxylation is 2. The van der Waals surface area contributed by atoms with Gasteiger partial charge in [0, 0.05) is 18.4 Å². The third-order valence-electron chi connectivity index (χ3n) is 2.40. The van der Waals surface area contributed by atoms with E-state index in [4.69, 9.17) is 5.73 Å². The maximum atomic E-state index is 6.15. The van der Waals surface area contributed by atoms with Crippen LogP contribution in [0.25, 0.3) is 0 Å². The molecule has 0 radical (unpaired) electrons. The molecule has 1 heterocycles. The Bertz CT molecular complexity index is 427. The van der Waals surface area contributed by atoms with Crippen molar-refractivity contribution in [3.8, 4) is 11.8 Å². The van der Waals surface area contributed by atoms with Crippen LogP contribution in [0.3, 0.4) is 0 Å². The summed E-state index contributed by atoms with van der Waals surface area (Å²) < 4.78 is 1.96. The summed E-state index contributed by atoms with van der Waals surface area (Å²) in [6.07, 6.45) is 0.683. The molecule has 0 aromatic carbocycles. The van der Waals surface area contributed by atoms with Crippen molar-refractivity contribution in [1.82, 2.24) is 9.78 Å². The van der Waals surface area contributed by atoms with Gasteiger partial charge in [0.1, 0.15) is 0 Å². The summed E-state index contributed by atoms with van der Waals surface area (Å²) >= 11 is 0. The topological polar surface area (TPSA) is 43.8 Å². The van der Waals surface area contributed by atoms with Crippen molar-refractivity contribution in [3.05, 3.63) is 17.5 Å². The first-order valence-electron chi connectivity index (χ1n) is 6.13. The smallest absolute Gasteiger partial charge is 0.0597 e. The maximum Gasteiger partial charge on any atom is 0.0597 e. The third kappa shape index (κ3) is 4.24. The molecule has 0 fully saturated rings. The summed E-state index contributed by atoms with van der Waals surface area (Å²) in [5.41, 5.74) is 8.28. The van der Waals surface area contributed by atoms with Gasteiger partial charge < -0.3 is 5.73 Å². The molecule has 1 rings (SSSR count). The van der Waals surface area contributed by atoms with Crippen molar-refractivity contribution in [2.45, 2.75) is 53.6 Å². The minimum absolute atomic E-state index is 0.0423. The van der Waals surface area contributed by atoms with Crippen LogP contribution >= 0.6 is 0 Å². The highest BCUT2D eigenvalue weighted by atomic mass is 15.3. The first kappa shape index (κ1) is 13.8. The Morgan fingerprint density at radius 3 is 2.65 bits per heavy atom. The van der Waals surface area contributed by atoms with Crippen molar-refractivity contribution in [2.24, 2.45) is 11.1 Å². The molecule has 2 N–H and O–H groups in total. The van der Waals surface area contributed by atoms with E-state index in [-0.39, 0.29) is 11.5 Å². The summed E-state index contributed by atoms with van der Waals surface area (Å²) in [5.74, 6) is 6.38. The fraction of sp³-hybridized carbons (Fsp3) is 0.643. The van der Waals surface area contributed by atoms with E-state index in [1.165, 1.54) is 0 Å². The van der Waals surface area contributed by atoms with E-state index in [1.807, 2.05) is 17.7 Å². The van der Waals surface area contributed by atoms with Crippen LogP contribution in [0.1, 0.15) is 51.5 Å². The van der Waals surface area contributed by atoms with Gasteiger partial charge >= 0.3 is 0 Å². The molecule has 0 spiro atoms. The number of rotatable bonds is 3. The van der Waals surface area contributed by atoms with Crippen LogP contribution in [0.15, 0.2) is 6.07 Å². The van der Waals surface area contributed by atoms with Gasteiger partial charge in [-0.25, -0.2) is 0 Å². The Labute approximate surface area is 104 Å². The average Bonchev–Trinajstić information content (AvgIpc) is 2.57. The molecular formula is C14H23N3. The highest BCUT2D eigenvalue weighted by Gasteiger charge is 2.12. The molecule has 1 atom stereocenters. The van der Waals surface area contributed by atoms with Crippen LogP contribution in [0.5, 0.6) is 0 Å². The van der Waals surface area contributed by atoms with E-state index >= 15 is 0 Å². The SMILES string of the molecule is CCn1nc(C)cc1C(N)CC#CC(C)(C)C. The number of hydrogen-bond donors (Lipinski definition) is 1. The first-order chi connectivity index (χ1) is 7.83. The van der Waals surface area contributed by atoms with Gasteiger partial charge in [-0.15, -0.1) is 5.92 Å². The number of hydrogen-bond acceptors (Lipinski definition) is 2. The Morgan fingerprint density at radius 1 is 1.47 bits per heavy atom. The van der Waals surface area contributed by atoms with Crippen LogP contribution in [0.2, 0.25) is 0 Å². The van der Waals surface area contributed by atoms with Gasteiger partial charge in [-0.3, -0.25) is 4.68 Å². The van der Waals surface area contributed by atoms with Crippen LogP contribution in [-0.4, -0.2) is 9.78 Å². The predicted molar refractivity (Wildman–Crippen MR) is 71.4 cm³/mol. The zero-order valence-electron chi connectivity index (χ0n) is 11.5.